The summed E-state index contributed by atoms with van der Waals surface area (Å²) in [6.07, 6.45) is 0. The fourth-order valence-electron chi connectivity index (χ4n) is 2.27. The van der Waals surface area contributed by atoms with Crippen molar-refractivity contribution < 1.29 is 4.79 Å². The quantitative estimate of drug-likeness (QED) is 0.656. The van der Waals surface area contributed by atoms with E-state index in [0.717, 1.165) is 10.2 Å². The second kappa shape index (κ2) is 5.71. The monoisotopic (exact) mass is 330 g/mol. The van der Waals surface area contributed by atoms with Crippen LogP contribution >= 0.6 is 22.9 Å². The van der Waals surface area contributed by atoms with E-state index < -0.39 is 0 Å². The highest BCUT2D eigenvalue weighted by Gasteiger charge is 2.10. The highest BCUT2D eigenvalue weighted by atomic mass is 35.5. The molecule has 0 saturated heterocycles. The maximum Gasteiger partial charge on any atom is 0.281 e. The minimum Gasteiger partial charge on any atom is -0.319 e. The molecule has 0 saturated carbocycles. The van der Waals surface area contributed by atoms with Gasteiger partial charge >= 0.3 is 0 Å². The molecule has 0 fully saturated rings. The smallest absolute Gasteiger partial charge is 0.281 e. The number of carbonyl (C=O) groups is 1. The Kier molecular flexibility index (Phi) is 3.89. The first kappa shape index (κ1) is 15.0. The number of nitrogens with zero attached hydrogens (tertiary/aromatic N) is 2. The van der Waals surface area contributed by atoms with Crippen LogP contribution in [0.15, 0.2) is 41.4 Å². The van der Waals surface area contributed by atoms with Gasteiger partial charge in [0.1, 0.15) is 0 Å². The number of rotatable bonds is 1. The molecule has 0 N–H and O–H groups in total. The largest absolute Gasteiger partial charge is 0.319 e. The van der Waals surface area contributed by atoms with Crippen LogP contribution in [-0.4, -0.2) is 10.5 Å². The predicted molar refractivity (Wildman–Crippen MR) is 91.6 cm³/mol. The van der Waals surface area contributed by atoms with Gasteiger partial charge in [-0.05, 0) is 49.2 Å². The van der Waals surface area contributed by atoms with Crippen molar-refractivity contribution in [2.75, 3.05) is 0 Å². The molecular weight excluding hydrogens is 316 g/mol. The Balaban J connectivity index is 2.16. The lowest BCUT2D eigenvalue weighted by atomic mass is 10.1. The SMILES string of the molecule is Cc1cc2sc(=NC(=O)c3ccccc3Cl)n(C)c2cc1C. The number of carbonyl (C=O) groups excluding carboxylic acids is 1. The number of aromatic nitrogens is 1. The van der Waals surface area contributed by atoms with Crippen LogP contribution in [0.1, 0.15) is 21.5 Å². The molecule has 0 unspecified atom stereocenters. The Hall–Kier alpha value is -1.91. The van der Waals surface area contributed by atoms with E-state index in [1.54, 1.807) is 24.3 Å². The van der Waals surface area contributed by atoms with Crippen molar-refractivity contribution >= 4 is 39.1 Å². The van der Waals surface area contributed by atoms with Crippen molar-refractivity contribution in [2.45, 2.75) is 13.8 Å². The Labute approximate surface area is 137 Å². The van der Waals surface area contributed by atoms with Crippen LogP contribution in [0.5, 0.6) is 0 Å². The first-order chi connectivity index (χ1) is 10.5. The number of fused-ring (bicyclic) bond motifs is 1. The van der Waals surface area contributed by atoms with Gasteiger partial charge in [0.15, 0.2) is 4.80 Å². The average Bonchev–Trinajstić information content (AvgIpc) is 2.76. The zero-order chi connectivity index (χ0) is 15.9. The summed E-state index contributed by atoms with van der Waals surface area (Å²) in [7, 11) is 1.92. The average molecular weight is 331 g/mol. The molecule has 2 aromatic carbocycles. The summed E-state index contributed by atoms with van der Waals surface area (Å²) in [6, 6.07) is 11.2. The predicted octanol–water partition coefficient (Wildman–Crippen LogP) is 4.25. The van der Waals surface area contributed by atoms with Crippen molar-refractivity contribution in [1.82, 2.24) is 4.57 Å². The molecule has 0 radical (unpaired) electrons. The summed E-state index contributed by atoms with van der Waals surface area (Å²) in [4.78, 5) is 17.3. The zero-order valence-electron chi connectivity index (χ0n) is 12.6. The summed E-state index contributed by atoms with van der Waals surface area (Å²) >= 11 is 7.57. The van der Waals surface area contributed by atoms with Crippen molar-refractivity contribution in [1.29, 1.82) is 0 Å². The summed E-state index contributed by atoms with van der Waals surface area (Å²) in [5.41, 5.74) is 3.97. The standard InChI is InChI=1S/C17H15ClN2OS/c1-10-8-14-15(9-11(10)2)22-17(20(14)3)19-16(21)12-6-4-5-7-13(12)18/h4-9H,1-3H3. The van der Waals surface area contributed by atoms with Gasteiger partial charge in [0, 0.05) is 7.05 Å². The van der Waals surface area contributed by atoms with Gasteiger partial charge in [-0.2, -0.15) is 4.99 Å². The summed E-state index contributed by atoms with van der Waals surface area (Å²) in [5.74, 6) is -0.318. The molecule has 1 heterocycles. The zero-order valence-corrected chi connectivity index (χ0v) is 14.1. The van der Waals surface area contributed by atoms with E-state index in [4.69, 9.17) is 11.6 Å². The van der Waals surface area contributed by atoms with Gasteiger partial charge in [-0.1, -0.05) is 35.1 Å². The summed E-state index contributed by atoms with van der Waals surface area (Å²) in [5, 5.41) is 0.423. The van der Waals surface area contributed by atoms with Crippen LogP contribution < -0.4 is 4.80 Å². The van der Waals surface area contributed by atoms with Gasteiger partial charge < -0.3 is 4.57 Å². The lowest BCUT2D eigenvalue weighted by Gasteiger charge is -2.01. The molecule has 0 atom stereocenters. The minimum absolute atomic E-state index is 0.318. The number of amides is 1. The van der Waals surface area contributed by atoms with Crippen molar-refractivity contribution in [2.24, 2.45) is 12.0 Å². The number of hydrogen-bond donors (Lipinski definition) is 0. The highest BCUT2D eigenvalue weighted by molar-refractivity contribution is 7.16. The minimum atomic E-state index is -0.318. The fraction of sp³-hybridized carbons (Fsp3) is 0.176. The Morgan fingerprint density at radius 1 is 1.18 bits per heavy atom. The number of aryl methyl sites for hydroxylation is 3. The van der Waals surface area contributed by atoms with E-state index in [1.165, 1.54) is 22.5 Å². The van der Waals surface area contributed by atoms with Gasteiger partial charge in [0.2, 0.25) is 0 Å². The summed E-state index contributed by atoms with van der Waals surface area (Å²) in [6.45, 7) is 4.17. The van der Waals surface area contributed by atoms with E-state index in [-0.39, 0.29) is 5.91 Å². The maximum atomic E-state index is 12.3. The lowest BCUT2D eigenvalue weighted by molar-refractivity contribution is 0.0998. The maximum absolute atomic E-state index is 12.3. The van der Waals surface area contributed by atoms with E-state index in [9.17, 15) is 4.79 Å². The molecule has 5 heteroatoms. The van der Waals surface area contributed by atoms with Crippen LogP contribution in [0.25, 0.3) is 10.2 Å². The molecule has 0 aliphatic rings. The number of thiazole rings is 1. The van der Waals surface area contributed by atoms with Crippen LogP contribution in [0.3, 0.4) is 0 Å². The normalized spacial score (nSPS) is 12.1. The van der Waals surface area contributed by atoms with Crippen LogP contribution in [0, 0.1) is 13.8 Å². The number of halogens is 1. The summed E-state index contributed by atoms with van der Waals surface area (Å²) < 4.78 is 3.07. The highest BCUT2D eigenvalue weighted by Crippen LogP contribution is 2.21. The molecule has 1 amide bonds. The molecule has 3 rings (SSSR count). The lowest BCUT2D eigenvalue weighted by Crippen LogP contribution is -2.13. The van der Waals surface area contributed by atoms with Gasteiger partial charge in [0.25, 0.3) is 5.91 Å². The van der Waals surface area contributed by atoms with Crippen LogP contribution in [0.2, 0.25) is 5.02 Å². The molecule has 3 aromatic rings. The molecule has 0 aliphatic carbocycles. The van der Waals surface area contributed by atoms with Crippen LogP contribution in [0.4, 0.5) is 0 Å². The second-order valence-corrected chi connectivity index (χ2v) is 6.66. The van der Waals surface area contributed by atoms with Crippen molar-refractivity contribution in [3.8, 4) is 0 Å². The number of hydrogen-bond acceptors (Lipinski definition) is 2. The third kappa shape index (κ3) is 2.60. The molecule has 0 bridgehead atoms. The van der Waals surface area contributed by atoms with E-state index in [0.29, 0.717) is 15.4 Å². The first-order valence-electron chi connectivity index (χ1n) is 6.88. The van der Waals surface area contributed by atoms with E-state index >= 15 is 0 Å². The van der Waals surface area contributed by atoms with E-state index in [1.807, 2.05) is 11.6 Å². The first-order valence-corrected chi connectivity index (χ1v) is 8.07. The fourth-order valence-corrected chi connectivity index (χ4v) is 3.58. The van der Waals surface area contributed by atoms with Gasteiger partial charge in [-0.25, -0.2) is 0 Å². The second-order valence-electron chi connectivity index (χ2n) is 5.24. The Morgan fingerprint density at radius 3 is 2.59 bits per heavy atom. The molecule has 0 spiro atoms. The number of benzene rings is 2. The molecule has 0 aliphatic heterocycles. The molecular formula is C17H15ClN2OS. The van der Waals surface area contributed by atoms with E-state index in [2.05, 4.69) is 31.0 Å². The third-order valence-corrected chi connectivity index (χ3v) is 5.15. The molecule has 3 nitrogen and oxygen atoms in total. The van der Waals surface area contributed by atoms with Gasteiger partial charge in [-0.3, -0.25) is 4.79 Å². The molecule has 1 aromatic heterocycles. The Morgan fingerprint density at radius 2 is 1.86 bits per heavy atom. The topological polar surface area (TPSA) is 34.4 Å². The third-order valence-electron chi connectivity index (χ3n) is 3.73. The van der Waals surface area contributed by atoms with Gasteiger partial charge in [0.05, 0.1) is 20.8 Å². The van der Waals surface area contributed by atoms with Crippen molar-refractivity contribution in [3.63, 3.8) is 0 Å². The Bertz CT molecular complexity index is 953. The molecule has 112 valence electrons. The van der Waals surface area contributed by atoms with Gasteiger partial charge in [-0.15, -0.1) is 0 Å². The van der Waals surface area contributed by atoms with Crippen LogP contribution in [-0.2, 0) is 7.05 Å². The molecule has 22 heavy (non-hydrogen) atoms. The van der Waals surface area contributed by atoms with Crippen molar-refractivity contribution in [3.05, 3.63) is 62.9 Å².